The third kappa shape index (κ3) is 4.49. The average Bonchev–Trinajstić information content (AvgIpc) is 2.67. The zero-order valence-corrected chi connectivity index (χ0v) is 16.3. The van der Waals surface area contributed by atoms with Crippen LogP contribution in [0.25, 0.3) is 0 Å². The zero-order valence-electron chi connectivity index (χ0n) is 15.5. The van der Waals surface area contributed by atoms with Crippen LogP contribution in [0.15, 0.2) is 42.5 Å². The van der Waals surface area contributed by atoms with Gasteiger partial charge in [-0.05, 0) is 42.8 Å². The van der Waals surface area contributed by atoms with E-state index in [2.05, 4.69) is 5.32 Å². The van der Waals surface area contributed by atoms with Gasteiger partial charge in [-0.15, -0.1) is 0 Å². The summed E-state index contributed by atoms with van der Waals surface area (Å²) >= 11 is 6.14. The van der Waals surface area contributed by atoms with E-state index in [-0.39, 0.29) is 24.2 Å². The summed E-state index contributed by atoms with van der Waals surface area (Å²) < 4.78 is 5.38. The van der Waals surface area contributed by atoms with Gasteiger partial charge in [0.25, 0.3) is 0 Å². The van der Waals surface area contributed by atoms with Crippen LogP contribution in [0.1, 0.15) is 34.5 Å². The molecule has 2 aromatic rings. The summed E-state index contributed by atoms with van der Waals surface area (Å²) in [5, 5.41) is 4.00. The van der Waals surface area contributed by atoms with E-state index in [4.69, 9.17) is 16.3 Å². The molecule has 6 heteroatoms. The Labute approximate surface area is 164 Å². The first-order valence-electron chi connectivity index (χ1n) is 8.93. The lowest BCUT2D eigenvalue weighted by atomic mass is 10.0. The van der Waals surface area contributed by atoms with Crippen molar-refractivity contribution in [1.29, 1.82) is 0 Å². The van der Waals surface area contributed by atoms with Crippen LogP contribution in [0.5, 0.6) is 5.75 Å². The van der Waals surface area contributed by atoms with Gasteiger partial charge in [-0.1, -0.05) is 23.7 Å². The highest BCUT2D eigenvalue weighted by Crippen LogP contribution is 2.27. The highest BCUT2D eigenvalue weighted by atomic mass is 35.5. The Morgan fingerprint density at radius 3 is 2.78 bits per heavy atom. The van der Waals surface area contributed by atoms with Gasteiger partial charge in [0.15, 0.2) is 5.78 Å². The third-order valence-corrected chi connectivity index (χ3v) is 5.06. The minimum absolute atomic E-state index is 0.000442. The van der Waals surface area contributed by atoms with Crippen LogP contribution in [-0.4, -0.2) is 43.3 Å². The van der Waals surface area contributed by atoms with Crippen molar-refractivity contribution >= 4 is 23.3 Å². The number of ketones is 1. The van der Waals surface area contributed by atoms with Crippen molar-refractivity contribution in [3.05, 3.63) is 64.2 Å². The van der Waals surface area contributed by atoms with E-state index in [1.54, 1.807) is 25.3 Å². The van der Waals surface area contributed by atoms with Crippen LogP contribution < -0.4 is 10.1 Å². The largest absolute Gasteiger partial charge is 0.496 e. The number of carbonyl (C=O) groups is 2. The summed E-state index contributed by atoms with van der Waals surface area (Å²) in [5.74, 6) is 0.577. The number of Topliss-reactive ketones (excluding diaryl/α,β-unsaturated/α-hetero) is 1. The highest BCUT2D eigenvalue weighted by Gasteiger charge is 2.28. The van der Waals surface area contributed by atoms with Crippen LogP contribution in [0.2, 0.25) is 5.02 Å². The summed E-state index contributed by atoms with van der Waals surface area (Å²) in [6, 6.07) is 12.7. The lowest BCUT2D eigenvalue weighted by Gasteiger charge is -2.37. The summed E-state index contributed by atoms with van der Waals surface area (Å²) in [6.45, 7) is 3.55. The highest BCUT2D eigenvalue weighted by molar-refractivity contribution is 6.30. The van der Waals surface area contributed by atoms with E-state index in [1.807, 2.05) is 29.2 Å². The minimum Gasteiger partial charge on any atom is -0.496 e. The maximum Gasteiger partial charge on any atom is 0.227 e. The number of halogens is 1. The van der Waals surface area contributed by atoms with Gasteiger partial charge < -0.3 is 15.0 Å². The van der Waals surface area contributed by atoms with Gasteiger partial charge in [0.2, 0.25) is 5.91 Å². The van der Waals surface area contributed by atoms with Crippen molar-refractivity contribution in [1.82, 2.24) is 10.2 Å². The molecule has 142 valence electrons. The maximum absolute atomic E-state index is 13.1. The SMILES string of the molecule is COc1ccc(C(C)=O)cc1CC(=O)N1CCNCC1c1cccc(Cl)c1. The molecular weight excluding hydrogens is 364 g/mol. The van der Waals surface area contributed by atoms with Gasteiger partial charge in [0.1, 0.15) is 5.75 Å². The van der Waals surface area contributed by atoms with Crippen LogP contribution >= 0.6 is 11.6 Å². The number of ether oxygens (including phenoxy) is 1. The molecule has 0 saturated carbocycles. The molecular formula is C21H23ClN2O3. The molecule has 5 nitrogen and oxygen atoms in total. The van der Waals surface area contributed by atoms with Crippen molar-refractivity contribution in [2.75, 3.05) is 26.7 Å². The molecule has 1 unspecified atom stereocenters. The molecule has 0 aliphatic carbocycles. The maximum atomic E-state index is 13.1. The van der Waals surface area contributed by atoms with Gasteiger partial charge in [-0.25, -0.2) is 0 Å². The lowest BCUT2D eigenvalue weighted by molar-refractivity contribution is -0.133. The van der Waals surface area contributed by atoms with Crippen molar-refractivity contribution in [2.45, 2.75) is 19.4 Å². The quantitative estimate of drug-likeness (QED) is 0.801. The number of piperazine rings is 1. The van der Waals surface area contributed by atoms with Gasteiger partial charge >= 0.3 is 0 Å². The van der Waals surface area contributed by atoms with Crippen molar-refractivity contribution in [2.24, 2.45) is 0 Å². The summed E-state index contributed by atoms with van der Waals surface area (Å²) in [6.07, 6.45) is 0.182. The molecule has 3 rings (SSSR count). The third-order valence-electron chi connectivity index (χ3n) is 4.83. The van der Waals surface area contributed by atoms with Crippen LogP contribution in [0.4, 0.5) is 0 Å². The topological polar surface area (TPSA) is 58.6 Å². The number of nitrogens with zero attached hydrogens (tertiary/aromatic N) is 1. The molecule has 0 bridgehead atoms. The fraction of sp³-hybridized carbons (Fsp3) is 0.333. The number of rotatable bonds is 5. The molecule has 27 heavy (non-hydrogen) atoms. The molecule has 0 radical (unpaired) electrons. The first-order chi connectivity index (χ1) is 13.0. The molecule has 1 fully saturated rings. The lowest BCUT2D eigenvalue weighted by Crippen LogP contribution is -2.49. The van der Waals surface area contributed by atoms with E-state index in [1.165, 1.54) is 6.92 Å². The summed E-state index contributed by atoms with van der Waals surface area (Å²) in [4.78, 5) is 26.7. The Bertz CT molecular complexity index is 853. The fourth-order valence-corrected chi connectivity index (χ4v) is 3.61. The summed E-state index contributed by atoms with van der Waals surface area (Å²) in [7, 11) is 1.57. The van der Waals surface area contributed by atoms with Gasteiger partial charge in [-0.2, -0.15) is 0 Å². The molecule has 1 aliphatic heterocycles. The van der Waals surface area contributed by atoms with Crippen molar-refractivity contribution < 1.29 is 14.3 Å². The van der Waals surface area contributed by atoms with Gasteiger partial charge in [-0.3, -0.25) is 9.59 Å². The second-order valence-electron chi connectivity index (χ2n) is 6.62. The molecule has 1 aliphatic rings. The smallest absolute Gasteiger partial charge is 0.227 e. The molecule has 2 aromatic carbocycles. The Morgan fingerprint density at radius 2 is 2.07 bits per heavy atom. The number of carbonyl (C=O) groups excluding carboxylic acids is 2. The predicted molar refractivity (Wildman–Crippen MR) is 105 cm³/mol. The Morgan fingerprint density at radius 1 is 1.26 bits per heavy atom. The second-order valence-corrected chi connectivity index (χ2v) is 7.06. The predicted octanol–water partition coefficient (Wildman–Crippen LogP) is 3.27. The Hall–Kier alpha value is -2.37. The summed E-state index contributed by atoms with van der Waals surface area (Å²) in [5.41, 5.74) is 2.30. The van der Waals surface area contributed by atoms with Crippen molar-refractivity contribution in [3.8, 4) is 5.75 Å². The van der Waals surface area contributed by atoms with Crippen LogP contribution in [0, 0.1) is 0 Å². The number of methoxy groups -OCH3 is 1. The number of nitrogens with one attached hydrogen (secondary N) is 1. The van der Waals surface area contributed by atoms with E-state index in [0.29, 0.717) is 29.4 Å². The minimum atomic E-state index is -0.0769. The Kier molecular flexibility index (Phi) is 6.14. The van der Waals surface area contributed by atoms with Crippen molar-refractivity contribution in [3.63, 3.8) is 0 Å². The number of hydrogen-bond acceptors (Lipinski definition) is 4. The van der Waals surface area contributed by atoms with Crippen LogP contribution in [-0.2, 0) is 11.2 Å². The second kappa shape index (κ2) is 8.55. The van der Waals surface area contributed by atoms with E-state index >= 15 is 0 Å². The van der Waals surface area contributed by atoms with Gasteiger partial charge in [0.05, 0.1) is 19.6 Å². The monoisotopic (exact) mass is 386 g/mol. The first-order valence-corrected chi connectivity index (χ1v) is 9.31. The molecule has 1 heterocycles. The fourth-order valence-electron chi connectivity index (χ4n) is 3.41. The van der Waals surface area contributed by atoms with Crippen LogP contribution in [0.3, 0.4) is 0 Å². The van der Waals surface area contributed by atoms with Gasteiger partial charge in [0, 0.05) is 35.8 Å². The molecule has 0 spiro atoms. The average molecular weight is 387 g/mol. The van der Waals surface area contributed by atoms with E-state index in [9.17, 15) is 9.59 Å². The molecule has 1 amide bonds. The van der Waals surface area contributed by atoms with E-state index in [0.717, 1.165) is 17.7 Å². The first kappa shape index (κ1) is 19.4. The number of amides is 1. The standard InChI is InChI=1S/C21H23ClN2O3/c1-14(25)15-6-7-20(27-2)17(10-15)12-21(26)24-9-8-23-13-19(24)16-4-3-5-18(22)11-16/h3-7,10-11,19,23H,8-9,12-13H2,1-2H3. The molecule has 1 N–H and O–H groups in total. The normalized spacial score (nSPS) is 16.9. The molecule has 1 saturated heterocycles. The zero-order chi connectivity index (χ0) is 19.4. The molecule has 1 atom stereocenters. The Balaban J connectivity index is 1.85. The van der Waals surface area contributed by atoms with E-state index < -0.39 is 0 Å². The molecule has 0 aromatic heterocycles. The number of benzene rings is 2. The number of hydrogen-bond donors (Lipinski definition) is 1.